The molecule has 4 nitrogen and oxygen atoms in total. The van der Waals surface area contributed by atoms with Crippen LogP contribution < -0.4 is 11.1 Å². The van der Waals surface area contributed by atoms with E-state index in [0.717, 1.165) is 49.3 Å². The maximum Gasteiger partial charge on any atom is 0.238 e. The molecule has 118 valence electrons. The van der Waals surface area contributed by atoms with Crippen LogP contribution in [0.25, 0.3) is 0 Å². The largest absolute Gasteiger partial charge is 0.330 e. The molecule has 1 aliphatic heterocycles. The van der Waals surface area contributed by atoms with E-state index in [1.807, 2.05) is 26.0 Å². The number of nitrogens with one attached hydrogen (secondary N) is 1. The minimum atomic E-state index is 0. The van der Waals surface area contributed by atoms with E-state index in [1.54, 1.807) is 0 Å². The number of benzene rings is 1. The molecule has 1 aromatic carbocycles. The van der Waals surface area contributed by atoms with Crippen LogP contribution in [0.2, 0.25) is 0 Å². The normalized spacial score (nSPS) is 16.3. The average Bonchev–Trinajstić information content (AvgIpc) is 2.43. The lowest BCUT2D eigenvalue weighted by Gasteiger charge is -2.30. The third kappa shape index (κ3) is 5.30. The highest BCUT2D eigenvalue weighted by Crippen LogP contribution is 2.18. The number of hydrogen-bond acceptors (Lipinski definition) is 3. The Morgan fingerprint density at radius 1 is 1.33 bits per heavy atom. The molecule has 21 heavy (non-hydrogen) atoms. The molecule has 1 aromatic rings. The van der Waals surface area contributed by atoms with Gasteiger partial charge >= 0.3 is 0 Å². The molecule has 0 unspecified atom stereocenters. The highest BCUT2D eigenvalue weighted by Gasteiger charge is 2.19. The van der Waals surface area contributed by atoms with Gasteiger partial charge < -0.3 is 11.1 Å². The summed E-state index contributed by atoms with van der Waals surface area (Å²) in [4.78, 5) is 14.3. The molecule has 0 spiro atoms. The maximum atomic E-state index is 12.1. The summed E-state index contributed by atoms with van der Waals surface area (Å²) in [6.07, 6.45) is 2.21. The summed E-state index contributed by atoms with van der Waals surface area (Å²) in [5.41, 5.74) is 8.87. The first-order valence-corrected chi connectivity index (χ1v) is 7.38. The third-order valence-electron chi connectivity index (χ3n) is 4.07. The quantitative estimate of drug-likeness (QED) is 0.897. The standard InChI is InChI=1S/C16H25N3O.ClH/c1-12-3-4-13(2)15(9-12)18-16(20)11-19-7-5-14(10-17)6-8-19;/h3-4,9,14H,5-8,10-11,17H2,1-2H3,(H,18,20);1H. The first-order valence-electron chi connectivity index (χ1n) is 7.38. The van der Waals surface area contributed by atoms with Crippen LogP contribution in [0.1, 0.15) is 24.0 Å². The van der Waals surface area contributed by atoms with Crippen molar-refractivity contribution in [1.29, 1.82) is 0 Å². The number of amides is 1. The van der Waals surface area contributed by atoms with E-state index in [2.05, 4.69) is 16.3 Å². The predicted octanol–water partition coefficient (Wildman–Crippen LogP) is 2.33. The number of carbonyl (C=O) groups excluding carboxylic acids is 1. The molecule has 5 heteroatoms. The Hall–Kier alpha value is -1.10. The van der Waals surface area contributed by atoms with E-state index in [4.69, 9.17) is 5.73 Å². The van der Waals surface area contributed by atoms with Gasteiger partial charge in [-0.25, -0.2) is 0 Å². The summed E-state index contributed by atoms with van der Waals surface area (Å²) in [5.74, 6) is 0.707. The molecule has 1 saturated heterocycles. The van der Waals surface area contributed by atoms with Crippen LogP contribution in [0.15, 0.2) is 18.2 Å². The number of halogens is 1. The van der Waals surface area contributed by atoms with Crippen molar-refractivity contribution < 1.29 is 4.79 Å². The van der Waals surface area contributed by atoms with Gasteiger partial charge in [0.15, 0.2) is 0 Å². The van der Waals surface area contributed by atoms with E-state index in [9.17, 15) is 4.79 Å². The molecular weight excluding hydrogens is 286 g/mol. The second-order valence-corrected chi connectivity index (χ2v) is 5.82. The minimum absolute atomic E-state index is 0. The molecule has 0 aromatic heterocycles. The molecule has 0 atom stereocenters. The van der Waals surface area contributed by atoms with E-state index < -0.39 is 0 Å². The molecule has 0 radical (unpaired) electrons. The van der Waals surface area contributed by atoms with Crippen LogP contribution in [-0.4, -0.2) is 37.0 Å². The fourth-order valence-electron chi connectivity index (χ4n) is 2.64. The van der Waals surface area contributed by atoms with Gasteiger partial charge in [0.1, 0.15) is 0 Å². The highest BCUT2D eigenvalue weighted by atomic mass is 35.5. The number of likely N-dealkylation sites (tertiary alicyclic amines) is 1. The van der Waals surface area contributed by atoms with Crippen molar-refractivity contribution in [2.45, 2.75) is 26.7 Å². The minimum Gasteiger partial charge on any atom is -0.330 e. The summed E-state index contributed by atoms with van der Waals surface area (Å²) in [5, 5.41) is 3.02. The van der Waals surface area contributed by atoms with Crippen molar-refractivity contribution in [1.82, 2.24) is 4.90 Å². The fourth-order valence-corrected chi connectivity index (χ4v) is 2.64. The number of hydrogen-bond donors (Lipinski definition) is 2. The lowest BCUT2D eigenvalue weighted by atomic mass is 9.97. The summed E-state index contributed by atoms with van der Waals surface area (Å²) < 4.78 is 0. The van der Waals surface area contributed by atoms with Gasteiger partial charge in [0.2, 0.25) is 5.91 Å². The predicted molar refractivity (Wildman–Crippen MR) is 90.0 cm³/mol. The Morgan fingerprint density at radius 2 is 2.00 bits per heavy atom. The van der Waals surface area contributed by atoms with E-state index >= 15 is 0 Å². The van der Waals surface area contributed by atoms with Gasteiger partial charge in [-0.3, -0.25) is 9.69 Å². The molecule has 0 saturated carbocycles. The van der Waals surface area contributed by atoms with Crippen LogP contribution in [0.3, 0.4) is 0 Å². The van der Waals surface area contributed by atoms with Crippen LogP contribution in [0.5, 0.6) is 0 Å². The summed E-state index contributed by atoms with van der Waals surface area (Å²) in [7, 11) is 0. The zero-order chi connectivity index (χ0) is 14.5. The maximum absolute atomic E-state index is 12.1. The molecule has 1 amide bonds. The van der Waals surface area contributed by atoms with Gasteiger partial charge in [0.25, 0.3) is 0 Å². The fraction of sp³-hybridized carbons (Fsp3) is 0.562. The number of rotatable bonds is 4. The highest BCUT2D eigenvalue weighted by molar-refractivity contribution is 5.93. The van der Waals surface area contributed by atoms with Crippen LogP contribution in [-0.2, 0) is 4.79 Å². The summed E-state index contributed by atoms with van der Waals surface area (Å²) in [6.45, 7) is 7.24. The molecular formula is C16H26ClN3O. The summed E-state index contributed by atoms with van der Waals surface area (Å²) in [6, 6.07) is 6.12. The van der Waals surface area contributed by atoms with E-state index in [1.165, 1.54) is 0 Å². The Morgan fingerprint density at radius 3 is 2.62 bits per heavy atom. The number of carbonyl (C=O) groups is 1. The van der Waals surface area contributed by atoms with Crippen molar-refractivity contribution in [3.05, 3.63) is 29.3 Å². The lowest BCUT2D eigenvalue weighted by Crippen LogP contribution is -2.40. The zero-order valence-electron chi connectivity index (χ0n) is 12.9. The molecule has 2 rings (SSSR count). The Labute approximate surface area is 133 Å². The Bertz CT molecular complexity index is 471. The van der Waals surface area contributed by atoms with Crippen molar-refractivity contribution in [3.8, 4) is 0 Å². The van der Waals surface area contributed by atoms with Crippen LogP contribution >= 0.6 is 12.4 Å². The molecule has 0 aliphatic carbocycles. The number of nitrogens with two attached hydrogens (primary N) is 1. The average molecular weight is 312 g/mol. The number of nitrogens with zero attached hydrogens (tertiary/aromatic N) is 1. The monoisotopic (exact) mass is 311 g/mol. The van der Waals surface area contributed by atoms with Gasteiger partial charge in [-0.05, 0) is 69.4 Å². The van der Waals surface area contributed by atoms with E-state index in [-0.39, 0.29) is 18.3 Å². The second-order valence-electron chi connectivity index (χ2n) is 5.82. The van der Waals surface area contributed by atoms with Crippen molar-refractivity contribution >= 4 is 24.0 Å². The van der Waals surface area contributed by atoms with Crippen molar-refractivity contribution in [2.24, 2.45) is 11.7 Å². The van der Waals surface area contributed by atoms with E-state index in [0.29, 0.717) is 12.5 Å². The van der Waals surface area contributed by atoms with Gasteiger partial charge in [-0.15, -0.1) is 12.4 Å². The zero-order valence-corrected chi connectivity index (χ0v) is 13.7. The lowest BCUT2D eigenvalue weighted by molar-refractivity contribution is -0.117. The number of piperidine rings is 1. The summed E-state index contributed by atoms with van der Waals surface area (Å²) >= 11 is 0. The SMILES string of the molecule is Cc1ccc(C)c(NC(=O)CN2CCC(CN)CC2)c1.Cl. The van der Waals surface area contributed by atoms with Crippen LogP contribution in [0, 0.1) is 19.8 Å². The number of aryl methyl sites for hydroxylation is 2. The molecule has 3 N–H and O–H groups in total. The molecule has 0 bridgehead atoms. The van der Waals surface area contributed by atoms with Crippen molar-refractivity contribution in [3.63, 3.8) is 0 Å². The van der Waals surface area contributed by atoms with Gasteiger partial charge in [0, 0.05) is 5.69 Å². The Kier molecular flexibility index (Phi) is 7.15. The van der Waals surface area contributed by atoms with Gasteiger partial charge in [0.05, 0.1) is 6.54 Å². The van der Waals surface area contributed by atoms with Gasteiger partial charge in [-0.2, -0.15) is 0 Å². The van der Waals surface area contributed by atoms with Gasteiger partial charge in [-0.1, -0.05) is 12.1 Å². The van der Waals surface area contributed by atoms with Crippen LogP contribution in [0.4, 0.5) is 5.69 Å². The first-order chi connectivity index (χ1) is 9.58. The smallest absolute Gasteiger partial charge is 0.238 e. The second kappa shape index (κ2) is 8.37. The first kappa shape index (κ1) is 18.0. The molecule has 1 aliphatic rings. The number of anilines is 1. The molecule has 1 heterocycles. The topological polar surface area (TPSA) is 58.4 Å². The molecule has 1 fully saturated rings. The Balaban J connectivity index is 0.00000220. The van der Waals surface area contributed by atoms with Crippen molar-refractivity contribution in [2.75, 3.05) is 31.5 Å². The third-order valence-corrected chi connectivity index (χ3v) is 4.07.